The van der Waals surface area contributed by atoms with Crippen molar-refractivity contribution in [3.63, 3.8) is 0 Å². The van der Waals surface area contributed by atoms with Gasteiger partial charge < -0.3 is 19.7 Å². The maximum atomic E-state index is 5.26. The summed E-state index contributed by atoms with van der Waals surface area (Å²) in [7, 11) is 3.24. The van der Waals surface area contributed by atoms with E-state index in [0.717, 1.165) is 19.1 Å². The van der Waals surface area contributed by atoms with Crippen molar-refractivity contribution in [3.05, 3.63) is 6.07 Å². The Morgan fingerprint density at radius 1 is 1.14 bits per heavy atom. The lowest BCUT2D eigenvalue weighted by atomic mass is 10.0. The zero-order valence-electron chi connectivity index (χ0n) is 12.8. The van der Waals surface area contributed by atoms with Crippen molar-refractivity contribution < 1.29 is 9.47 Å². The summed E-state index contributed by atoms with van der Waals surface area (Å²) in [4.78, 5) is 11.3. The standard InChI is InChI=1S/C15H24N4O2/c1-20-13-9-14(21-2)18-15(17-13)19-8-4-3-5-12(19)10-16-11-6-7-11/h9,11-12,16H,3-8,10H2,1-2H3. The van der Waals surface area contributed by atoms with E-state index < -0.39 is 0 Å². The monoisotopic (exact) mass is 292 g/mol. The highest BCUT2D eigenvalue weighted by Gasteiger charge is 2.28. The van der Waals surface area contributed by atoms with Crippen LogP contribution in [0.3, 0.4) is 0 Å². The Hall–Kier alpha value is -1.56. The lowest BCUT2D eigenvalue weighted by Crippen LogP contribution is -2.46. The molecule has 21 heavy (non-hydrogen) atoms. The molecule has 6 nitrogen and oxygen atoms in total. The molecule has 1 saturated carbocycles. The maximum Gasteiger partial charge on any atom is 0.232 e. The Morgan fingerprint density at radius 2 is 1.86 bits per heavy atom. The fourth-order valence-electron chi connectivity index (χ4n) is 2.80. The van der Waals surface area contributed by atoms with Crippen molar-refractivity contribution in [1.29, 1.82) is 0 Å². The molecular formula is C15H24N4O2. The highest BCUT2D eigenvalue weighted by Crippen LogP contribution is 2.27. The number of hydrogen-bond acceptors (Lipinski definition) is 6. The van der Waals surface area contributed by atoms with E-state index in [1.807, 2.05) is 0 Å². The van der Waals surface area contributed by atoms with Crippen molar-refractivity contribution >= 4 is 5.95 Å². The number of ether oxygens (including phenoxy) is 2. The van der Waals surface area contributed by atoms with Crippen LogP contribution in [0.1, 0.15) is 32.1 Å². The second-order valence-electron chi connectivity index (χ2n) is 5.78. The summed E-state index contributed by atoms with van der Waals surface area (Å²) in [5.41, 5.74) is 0. The molecule has 0 bridgehead atoms. The molecule has 2 heterocycles. The Labute approximate surface area is 125 Å². The molecule has 1 unspecified atom stereocenters. The molecule has 116 valence electrons. The van der Waals surface area contributed by atoms with Crippen LogP contribution in [0.5, 0.6) is 11.8 Å². The molecule has 3 rings (SSSR count). The molecule has 0 radical (unpaired) electrons. The van der Waals surface area contributed by atoms with Gasteiger partial charge in [0, 0.05) is 25.2 Å². The Morgan fingerprint density at radius 3 is 2.48 bits per heavy atom. The third kappa shape index (κ3) is 3.56. The van der Waals surface area contributed by atoms with Gasteiger partial charge in [0.15, 0.2) is 0 Å². The maximum absolute atomic E-state index is 5.26. The lowest BCUT2D eigenvalue weighted by Gasteiger charge is -2.36. The molecule has 0 spiro atoms. The second-order valence-corrected chi connectivity index (χ2v) is 5.78. The van der Waals surface area contributed by atoms with Crippen LogP contribution in [0.15, 0.2) is 6.07 Å². The average molecular weight is 292 g/mol. The van der Waals surface area contributed by atoms with E-state index in [2.05, 4.69) is 20.2 Å². The number of anilines is 1. The van der Waals surface area contributed by atoms with E-state index in [1.54, 1.807) is 20.3 Å². The molecule has 1 saturated heterocycles. The predicted molar refractivity (Wildman–Crippen MR) is 81.1 cm³/mol. The highest BCUT2D eigenvalue weighted by molar-refractivity contribution is 5.38. The number of nitrogens with zero attached hydrogens (tertiary/aromatic N) is 3. The minimum absolute atomic E-state index is 0.455. The average Bonchev–Trinajstić information content (AvgIpc) is 3.37. The Balaban J connectivity index is 1.77. The number of hydrogen-bond donors (Lipinski definition) is 1. The van der Waals surface area contributed by atoms with E-state index >= 15 is 0 Å². The number of methoxy groups -OCH3 is 2. The minimum Gasteiger partial charge on any atom is -0.481 e. The fourth-order valence-corrected chi connectivity index (χ4v) is 2.80. The van der Waals surface area contributed by atoms with Gasteiger partial charge in [-0.1, -0.05) is 0 Å². The number of nitrogens with one attached hydrogen (secondary N) is 1. The summed E-state index contributed by atoms with van der Waals surface area (Å²) >= 11 is 0. The van der Waals surface area contributed by atoms with E-state index in [1.165, 1.54) is 32.1 Å². The first kappa shape index (κ1) is 14.4. The molecule has 1 aromatic heterocycles. The van der Waals surface area contributed by atoms with Gasteiger partial charge >= 0.3 is 0 Å². The molecule has 1 atom stereocenters. The van der Waals surface area contributed by atoms with Crippen LogP contribution in [0.4, 0.5) is 5.95 Å². The third-order valence-electron chi connectivity index (χ3n) is 4.19. The van der Waals surface area contributed by atoms with Crippen LogP contribution < -0.4 is 19.7 Å². The summed E-state index contributed by atoms with van der Waals surface area (Å²) in [6.07, 6.45) is 6.27. The molecule has 1 aromatic rings. The first-order valence-electron chi connectivity index (χ1n) is 7.77. The third-order valence-corrected chi connectivity index (χ3v) is 4.19. The van der Waals surface area contributed by atoms with Gasteiger partial charge in [-0.15, -0.1) is 0 Å². The highest BCUT2D eigenvalue weighted by atomic mass is 16.5. The molecular weight excluding hydrogens is 268 g/mol. The van der Waals surface area contributed by atoms with Crippen LogP contribution >= 0.6 is 0 Å². The summed E-state index contributed by atoms with van der Waals surface area (Å²) in [5.74, 6) is 1.82. The van der Waals surface area contributed by atoms with Gasteiger partial charge in [-0.05, 0) is 32.1 Å². The van der Waals surface area contributed by atoms with Gasteiger partial charge in [0.1, 0.15) is 0 Å². The SMILES string of the molecule is COc1cc(OC)nc(N2CCCCC2CNC2CC2)n1. The molecule has 6 heteroatoms. The zero-order valence-corrected chi connectivity index (χ0v) is 12.8. The van der Waals surface area contributed by atoms with Crippen LogP contribution in [0, 0.1) is 0 Å². The van der Waals surface area contributed by atoms with Gasteiger partial charge in [0.05, 0.1) is 20.3 Å². The molecule has 0 aromatic carbocycles. The summed E-state index contributed by atoms with van der Waals surface area (Å²) in [5, 5.41) is 3.62. The number of aromatic nitrogens is 2. The largest absolute Gasteiger partial charge is 0.481 e. The fraction of sp³-hybridized carbons (Fsp3) is 0.733. The first-order chi connectivity index (χ1) is 10.3. The molecule has 0 amide bonds. The Bertz CT molecular complexity index is 456. The van der Waals surface area contributed by atoms with Gasteiger partial charge in [-0.25, -0.2) is 0 Å². The van der Waals surface area contributed by atoms with Crippen molar-refractivity contribution in [3.8, 4) is 11.8 Å². The second kappa shape index (κ2) is 6.47. The predicted octanol–water partition coefficient (Wildman–Crippen LogP) is 1.60. The van der Waals surface area contributed by atoms with Crippen LogP contribution in [0.2, 0.25) is 0 Å². The van der Waals surface area contributed by atoms with Crippen LogP contribution in [-0.2, 0) is 0 Å². The summed E-state index contributed by atoms with van der Waals surface area (Å²) in [6, 6.07) is 2.90. The van der Waals surface area contributed by atoms with Gasteiger partial charge in [-0.2, -0.15) is 9.97 Å². The molecule has 1 aliphatic carbocycles. The number of rotatable bonds is 6. The summed E-state index contributed by atoms with van der Waals surface area (Å²) < 4.78 is 10.5. The molecule has 2 fully saturated rings. The summed E-state index contributed by atoms with van der Waals surface area (Å²) in [6.45, 7) is 2.00. The minimum atomic E-state index is 0.455. The van der Waals surface area contributed by atoms with Crippen LogP contribution in [-0.4, -0.2) is 49.4 Å². The lowest BCUT2D eigenvalue weighted by molar-refractivity contribution is 0.366. The molecule has 2 aliphatic rings. The van der Waals surface area contributed by atoms with E-state index in [0.29, 0.717) is 23.8 Å². The van der Waals surface area contributed by atoms with E-state index in [9.17, 15) is 0 Å². The van der Waals surface area contributed by atoms with Gasteiger partial charge in [0.25, 0.3) is 0 Å². The zero-order chi connectivity index (χ0) is 14.7. The number of piperidine rings is 1. The van der Waals surface area contributed by atoms with Gasteiger partial charge in [-0.3, -0.25) is 0 Å². The van der Waals surface area contributed by atoms with Gasteiger partial charge in [0.2, 0.25) is 17.7 Å². The quantitative estimate of drug-likeness (QED) is 0.859. The van der Waals surface area contributed by atoms with Crippen molar-refractivity contribution in [2.45, 2.75) is 44.2 Å². The topological polar surface area (TPSA) is 59.5 Å². The molecule has 1 N–H and O–H groups in total. The van der Waals surface area contributed by atoms with E-state index in [-0.39, 0.29) is 0 Å². The van der Waals surface area contributed by atoms with Crippen molar-refractivity contribution in [1.82, 2.24) is 15.3 Å². The first-order valence-corrected chi connectivity index (χ1v) is 7.77. The van der Waals surface area contributed by atoms with Crippen molar-refractivity contribution in [2.24, 2.45) is 0 Å². The van der Waals surface area contributed by atoms with Crippen molar-refractivity contribution in [2.75, 3.05) is 32.2 Å². The van der Waals surface area contributed by atoms with E-state index in [4.69, 9.17) is 9.47 Å². The van der Waals surface area contributed by atoms with Crippen LogP contribution in [0.25, 0.3) is 0 Å². The molecule has 1 aliphatic heterocycles. The smallest absolute Gasteiger partial charge is 0.232 e. The normalized spacial score (nSPS) is 22.2. The Kier molecular flexibility index (Phi) is 4.43.